The van der Waals surface area contributed by atoms with E-state index in [0.29, 0.717) is 36.1 Å². The van der Waals surface area contributed by atoms with Crippen molar-refractivity contribution in [3.8, 4) is 11.4 Å². The first-order chi connectivity index (χ1) is 16.6. The van der Waals surface area contributed by atoms with Crippen LogP contribution >= 0.6 is 0 Å². The van der Waals surface area contributed by atoms with Crippen molar-refractivity contribution < 1.29 is 14.3 Å². The number of allylic oxidation sites excluding steroid dienone is 4. The van der Waals surface area contributed by atoms with Crippen LogP contribution in [0.3, 0.4) is 0 Å². The number of ether oxygens (including phenoxy) is 2. The second-order valence-corrected chi connectivity index (χ2v) is 8.49. The van der Waals surface area contributed by atoms with E-state index in [9.17, 15) is 9.59 Å². The van der Waals surface area contributed by atoms with E-state index in [2.05, 4.69) is 22.1 Å². The van der Waals surface area contributed by atoms with Crippen LogP contribution in [-0.4, -0.2) is 37.9 Å². The Bertz CT molecular complexity index is 1280. The van der Waals surface area contributed by atoms with E-state index in [-0.39, 0.29) is 29.7 Å². The largest absolute Gasteiger partial charge is 0.465 e. The van der Waals surface area contributed by atoms with Crippen molar-refractivity contribution >= 4 is 11.7 Å². The molecule has 0 saturated heterocycles. The summed E-state index contributed by atoms with van der Waals surface area (Å²) in [6.07, 6.45) is 15.4. The number of rotatable bonds is 6. The van der Waals surface area contributed by atoms with Crippen LogP contribution in [0.4, 0.5) is 5.95 Å². The summed E-state index contributed by atoms with van der Waals surface area (Å²) >= 11 is 0. The average molecular weight is 460 g/mol. The first-order valence-corrected chi connectivity index (χ1v) is 11.3. The average Bonchev–Trinajstić information content (AvgIpc) is 2.87. The summed E-state index contributed by atoms with van der Waals surface area (Å²) in [6, 6.07) is 3.18. The number of Topliss-reactive ketones (excluding diaryl/α,β-unsaturated/α-hetero) is 1. The lowest BCUT2D eigenvalue weighted by molar-refractivity contribution is -0.117. The molecule has 9 heteroatoms. The van der Waals surface area contributed by atoms with Crippen LogP contribution in [0.25, 0.3) is 11.4 Å². The van der Waals surface area contributed by atoms with E-state index in [1.54, 1.807) is 16.8 Å². The fourth-order valence-corrected chi connectivity index (χ4v) is 4.21. The Morgan fingerprint density at radius 3 is 2.97 bits per heavy atom. The van der Waals surface area contributed by atoms with Crippen molar-refractivity contribution in [3.05, 3.63) is 82.9 Å². The lowest BCUT2D eigenvalue weighted by Crippen LogP contribution is -2.46. The van der Waals surface area contributed by atoms with E-state index in [1.165, 1.54) is 30.5 Å². The van der Waals surface area contributed by atoms with Crippen molar-refractivity contribution in [2.75, 3.05) is 11.4 Å². The van der Waals surface area contributed by atoms with Gasteiger partial charge in [-0.2, -0.15) is 0 Å². The number of nitrogens with zero attached hydrogens (tertiary/aromatic N) is 5. The molecule has 174 valence electrons. The molecule has 0 spiro atoms. The molecule has 4 heterocycles. The Balaban J connectivity index is 1.35. The van der Waals surface area contributed by atoms with Gasteiger partial charge in [-0.15, -0.1) is 0 Å². The molecule has 9 nitrogen and oxygen atoms in total. The molecule has 1 unspecified atom stereocenters. The highest BCUT2D eigenvalue weighted by Crippen LogP contribution is 2.27. The number of ketones is 1. The van der Waals surface area contributed by atoms with E-state index >= 15 is 0 Å². The van der Waals surface area contributed by atoms with Gasteiger partial charge in [0.05, 0.1) is 17.9 Å². The summed E-state index contributed by atoms with van der Waals surface area (Å²) < 4.78 is 12.9. The Labute approximate surface area is 196 Å². The standard InChI is InChI=1S/C25H25N5O4/c1-17-8-10-29-24(32)12-21(20-7-9-26-16-27-20)28-25(29)30(17)13-22(31)23-15-33-14-19(34-23)11-18-5-3-2-4-6-18/h2-3,5,7,9,12,14-17H,4,6,8,10-11,13H2,1H3. The molecule has 2 aromatic rings. The third kappa shape index (κ3) is 4.54. The topological polar surface area (TPSA) is 99.4 Å². The molecule has 2 aromatic heterocycles. The van der Waals surface area contributed by atoms with E-state index in [4.69, 9.17) is 14.5 Å². The number of hydrogen-bond donors (Lipinski definition) is 0. The molecule has 34 heavy (non-hydrogen) atoms. The summed E-state index contributed by atoms with van der Waals surface area (Å²) in [5.41, 5.74) is 2.04. The van der Waals surface area contributed by atoms with Crippen molar-refractivity contribution in [1.82, 2.24) is 19.5 Å². The van der Waals surface area contributed by atoms with Crippen LogP contribution in [0.2, 0.25) is 0 Å². The van der Waals surface area contributed by atoms with Crippen LogP contribution in [-0.2, 0) is 20.8 Å². The number of fused-ring (bicyclic) bond motifs is 1. The zero-order valence-corrected chi connectivity index (χ0v) is 18.9. The Morgan fingerprint density at radius 2 is 2.18 bits per heavy atom. The van der Waals surface area contributed by atoms with E-state index in [1.807, 2.05) is 17.9 Å². The molecular formula is C25H25N5O4. The molecular weight excluding hydrogens is 434 g/mol. The molecule has 5 rings (SSSR count). The second kappa shape index (κ2) is 9.46. The number of aromatic nitrogens is 4. The summed E-state index contributed by atoms with van der Waals surface area (Å²) in [6.45, 7) is 2.56. The monoisotopic (exact) mass is 459 g/mol. The summed E-state index contributed by atoms with van der Waals surface area (Å²) in [7, 11) is 0. The minimum absolute atomic E-state index is 0.00867. The van der Waals surface area contributed by atoms with Gasteiger partial charge >= 0.3 is 0 Å². The molecule has 0 radical (unpaired) electrons. The van der Waals surface area contributed by atoms with Gasteiger partial charge in [0.2, 0.25) is 17.5 Å². The smallest absolute Gasteiger partial charge is 0.255 e. The molecule has 1 atom stereocenters. The summed E-state index contributed by atoms with van der Waals surface area (Å²) in [5, 5.41) is 0. The van der Waals surface area contributed by atoms with Crippen LogP contribution in [0.1, 0.15) is 32.6 Å². The third-order valence-electron chi connectivity index (χ3n) is 6.10. The van der Waals surface area contributed by atoms with Gasteiger partial charge in [-0.05, 0) is 32.3 Å². The highest BCUT2D eigenvalue weighted by atomic mass is 16.5. The first kappa shape index (κ1) is 21.8. The van der Waals surface area contributed by atoms with Crippen molar-refractivity contribution in [2.24, 2.45) is 0 Å². The molecule has 0 amide bonds. The van der Waals surface area contributed by atoms with Crippen LogP contribution < -0.4 is 10.5 Å². The SMILES string of the molecule is CC1CCn2c(nc(-c3ccncn3)cc2=O)N1CC(=O)C1=COC=C(CC2=CC=CCC2)O1. The molecule has 1 aliphatic carbocycles. The lowest BCUT2D eigenvalue weighted by atomic mass is 10.0. The highest BCUT2D eigenvalue weighted by Gasteiger charge is 2.30. The van der Waals surface area contributed by atoms with Gasteiger partial charge in [0.1, 0.15) is 24.6 Å². The number of anilines is 1. The van der Waals surface area contributed by atoms with Crippen LogP contribution in [0, 0.1) is 0 Å². The van der Waals surface area contributed by atoms with Crippen LogP contribution in [0.15, 0.2) is 77.3 Å². The van der Waals surface area contributed by atoms with Gasteiger partial charge in [-0.3, -0.25) is 14.2 Å². The number of carbonyl (C=O) groups is 1. The minimum Gasteiger partial charge on any atom is -0.465 e. The minimum atomic E-state index is -0.245. The summed E-state index contributed by atoms with van der Waals surface area (Å²) in [4.78, 5) is 40.7. The Morgan fingerprint density at radius 1 is 1.26 bits per heavy atom. The first-order valence-electron chi connectivity index (χ1n) is 11.3. The van der Waals surface area contributed by atoms with Crippen molar-refractivity contribution in [2.45, 2.75) is 45.2 Å². The van der Waals surface area contributed by atoms with Gasteiger partial charge < -0.3 is 14.4 Å². The maximum atomic E-state index is 13.2. The second-order valence-electron chi connectivity index (χ2n) is 8.49. The Kier molecular flexibility index (Phi) is 6.07. The zero-order valence-electron chi connectivity index (χ0n) is 18.9. The molecule has 0 saturated carbocycles. The van der Waals surface area contributed by atoms with E-state index < -0.39 is 0 Å². The molecule has 0 aromatic carbocycles. The van der Waals surface area contributed by atoms with Crippen molar-refractivity contribution in [1.29, 1.82) is 0 Å². The molecule has 0 fully saturated rings. The molecule has 0 bridgehead atoms. The normalized spacial score (nSPS) is 19.3. The van der Waals surface area contributed by atoms with E-state index in [0.717, 1.165) is 19.3 Å². The quantitative estimate of drug-likeness (QED) is 0.649. The maximum Gasteiger partial charge on any atom is 0.255 e. The Hall–Kier alpha value is -4.01. The predicted molar refractivity (Wildman–Crippen MR) is 125 cm³/mol. The fraction of sp³-hybridized carbons (Fsp3) is 0.320. The number of carbonyl (C=O) groups excluding carboxylic acids is 1. The lowest BCUT2D eigenvalue weighted by Gasteiger charge is -2.36. The zero-order chi connectivity index (χ0) is 23.5. The third-order valence-corrected chi connectivity index (χ3v) is 6.10. The fourth-order valence-electron chi connectivity index (χ4n) is 4.21. The molecule has 3 aliphatic rings. The van der Waals surface area contributed by atoms with Crippen LogP contribution in [0.5, 0.6) is 0 Å². The predicted octanol–water partition coefficient (Wildman–Crippen LogP) is 3.26. The molecule has 2 aliphatic heterocycles. The summed E-state index contributed by atoms with van der Waals surface area (Å²) in [5.74, 6) is 0.938. The van der Waals surface area contributed by atoms with Gasteiger partial charge in [-0.1, -0.05) is 23.8 Å². The van der Waals surface area contributed by atoms with Crippen molar-refractivity contribution in [3.63, 3.8) is 0 Å². The number of hydrogen-bond acceptors (Lipinski definition) is 8. The van der Waals surface area contributed by atoms with Gasteiger partial charge in [0, 0.05) is 31.3 Å². The maximum absolute atomic E-state index is 13.2. The van der Waals surface area contributed by atoms with Gasteiger partial charge in [0.15, 0.2) is 0 Å². The van der Waals surface area contributed by atoms with Gasteiger partial charge in [0.25, 0.3) is 5.56 Å². The van der Waals surface area contributed by atoms with Gasteiger partial charge in [-0.25, -0.2) is 15.0 Å². The highest BCUT2D eigenvalue weighted by molar-refractivity contribution is 5.96. The molecule has 0 N–H and O–H groups in total.